The first kappa shape index (κ1) is 19.2. The summed E-state index contributed by atoms with van der Waals surface area (Å²) in [6.45, 7) is 8.53. The molecule has 2 N–H and O–H groups in total. The number of amides is 2. The SMILES string of the molecule is CCC(=O)Nc1cccc(NC(=O)CCO[C@@H](C)CC(C)C)c1. The van der Waals surface area contributed by atoms with Crippen LogP contribution in [0.3, 0.4) is 0 Å². The minimum atomic E-state index is -0.0966. The first-order valence-corrected chi connectivity index (χ1v) is 8.22. The van der Waals surface area contributed by atoms with Crippen molar-refractivity contribution >= 4 is 23.2 Å². The minimum absolute atomic E-state index is 0.0546. The van der Waals surface area contributed by atoms with Gasteiger partial charge in [0.05, 0.1) is 19.1 Å². The number of carbonyl (C=O) groups excluding carboxylic acids is 2. The number of hydrogen-bond acceptors (Lipinski definition) is 3. The van der Waals surface area contributed by atoms with Crippen LogP contribution in [0.25, 0.3) is 0 Å². The topological polar surface area (TPSA) is 67.4 Å². The lowest BCUT2D eigenvalue weighted by Crippen LogP contribution is -2.18. The van der Waals surface area contributed by atoms with E-state index in [1.54, 1.807) is 31.2 Å². The number of anilines is 2. The van der Waals surface area contributed by atoms with E-state index in [2.05, 4.69) is 24.5 Å². The van der Waals surface area contributed by atoms with Gasteiger partial charge in [0.25, 0.3) is 0 Å². The van der Waals surface area contributed by atoms with Crippen molar-refractivity contribution < 1.29 is 14.3 Å². The van der Waals surface area contributed by atoms with E-state index in [-0.39, 0.29) is 17.9 Å². The van der Waals surface area contributed by atoms with E-state index in [4.69, 9.17) is 4.74 Å². The van der Waals surface area contributed by atoms with Gasteiger partial charge in [-0.25, -0.2) is 0 Å². The van der Waals surface area contributed by atoms with Gasteiger partial charge in [-0.05, 0) is 37.5 Å². The van der Waals surface area contributed by atoms with Gasteiger partial charge in [0.2, 0.25) is 11.8 Å². The van der Waals surface area contributed by atoms with Crippen molar-refractivity contribution in [2.45, 2.75) is 53.1 Å². The first-order valence-electron chi connectivity index (χ1n) is 8.22. The van der Waals surface area contributed by atoms with Crippen LogP contribution in [0.4, 0.5) is 11.4 Å². The van der Waals surface area contributed by atoms with Gasteiger partial charge in [-0.3, -0.25) is 9.59 Å². The maximum Gasteiger partial charge on any atom is 0.226 e. The summed E-state index contributed by atoms with van der Waals surface area (Å²) in [5, 5.41) is 5.58. The number of ether oxygens (including phenoxy) is 1. The second-order valence-electron chi connectivity index (χ2n) is 6.09. The Labute approximate surface area is 138 Å². The predicted molar refractivity (Wildman–Crippen MR) is 93.5 cm³/mol. The molecule has 5 heteroatoms. The molecule has 1 atom stereocenters. The van der Waals surface area contributed by atoms with Crippen LogP contribution >= 0.6 is 0 Å². The molecular formula is C18H28N2O3. The van der Waals surface area contributed by atoms with Crippen molar-refractivity contribution in [3.05, 3.63) is 24.3 Å². The van der Waals surface area contributed by atoms with E-state index in [0.717, 1.165) is 6.42 Å². The summed E-state index contributed by atoms with van der Waals surface area (Å²) >= 11 is 0. The lowest BCUT2D eigenvalue weighted by Gasteiger charge is -2.15. The fourth-order valence-corrected chi connectivity index (χ4v) is 2.23. The predicted octanol–water partition coefficient (Wildman–Crippen LogP) is 3.81. The van der Waals surface area contributed by atoms with Gasteiger partial charge in [-0.2, -0.15) is 0 Å². The molecule has 0 aliphatic rings. The van der Waals surface area contributed by atoms with Crippen LogP contribution in [-0.2, 0) is 14.3 Å². The van der Waals surface area contributed by atoms with E-state index in [1.165, 1.54) is 0 Å². The Morgan fingerprint density at radius 1 is 1.09 bits per heavy atom. The number of rotatable bonds is 9. The molecule has 0 saturated heterocycles. The highest BCUT2D eigenvalue weighted by molar-refractivity contribution is 5.93. The zero-order chi connectivity index (χ0) is 17.2. The summed E-state index contributed by atoms with van der Waals surface area (Å²) in [5.41, 5.74) is 1.34. The third-order valence-electron chi connectivity index (χ3n) is 3.29. The molecule has 1 aromatic rings. The van der Waals surface area contributed by atoms with E-state index in [0.29, 0.717) is 36.7 Å². The van der Waals surface area contributed by atoms with Crippen LogP contribution in [-0.4, -0.2) is 24.5 Å². The van der Waals surface area contributed by atoms with Crippen molar-refractivity contribution in [2.24, 2.45) is 5.92 Å². The smallest absolute Gasteiger partial charge is 0.226 e. The van der Waals surface area contributed by atoms with Gasteiger partial charge < -0.3 is 15.4 Å². The van der Waals surface area contributed by atoms with E-state index < -0.39 is 0 Å². The van der Waals surface area contributed by atoms with Crippen LogP contribution in [0.5, 0.6) is 0 Å². The highest BCUT2D eigenvalue weighted by atomic mass is 16.5. The zero-order valence-electron chi connectivity index (χ0n) is 14.5. The van der Waals surface area contributed by atoms with Crippen LogP contribution in [0.1, 0.15) is 47.0 Å². The Balaban J connectivity index is 2.39. The average molecular weight is 320 g/mol. The molecule has 5 nitrogen and oxygen atoms in total. The molecule has 1 aromatic carbocycles. The van der Waals surface area contributed by atoms with Gasteiger partial charge in [0, 0.05) is 17.8 Å². The number of benzene rings is 1. The molecule has 0 aliphatic carbocycles. The lowest BCUT2D eigenvalue weighted by molar-refractivity contribution is -0.118. The molecule has 128 valence electrons. The lowest BCUT2D eigenvalue weighted by atomic mass is 10.1. The summed E-state index contributed by atoms with van der Waals surface area (Å²) in [6.07, 6.45) is 1.88. The Morgan fingerprint density at radius 3 is 2.26 bits per heavy atom. The van der Waals surface area contributed by atoms with Crippen molar-refractivity contribution in [3.63, 3.8) is 0 Å². The molecule has 2 amide bonds. The number of carbonyl (C=O) groups is 2. The zero-order valence-corrected chi connectivity index (χ0v) is 14.5. The Hall–Kier alpha value is -1.88. The molecule has 0 saturated carbocycles. The molecule has 0 bridgehead atoms. The normalized spacial score (nSPS) is 12.0. The maximum absolute atomic E-state index is 11.9. The quantitative estimate of drug-likeness (QED) is 0.727. The minimum Gasteiger partial charge on any atom is -0.378 e. The highest BCUT2D eigenvalue weighted by Gasteiger charge is 2.08. The standard InChI is InChI=1S/C18H28N2O3/c1-5-17(21)19-15-7-6-8-16(12-15)20-18(22)9-10-23-14(4)11-13(2)3/h6-8,12-14H,5,9-11H2,1-4H3,(H,19,21)(H,20,22)/t14-/m0/s1. The van der Waals surface area contributed by atoms with Crippen molar-refractivity contribution in [2.75, 3.05) is 17.2 Å². The molecule has 0 aliphatic heterocycles. The summed E-state index contributed by atoms with van der Waals surface area (Å²) < 4.78 is 5.63. The third-order valence-corrected chi connectivity index (χ3v) is 3.29. The van der Waals surface area contributed by atoms with Gasteiger partial charge in [-0.15, -0.1) is 0 Å². The second-order valence-corrected chi connectivity index (χ2v) is 6.09. The van der Waals surface area contributed by atoms with E-state index in [1.807, 2.05) is 6.92 Å². The summed E-state index contributed by atoms with van der Waals surface area (Å²) in [6, 6.07) is 7.12. The molecule has 23 heavy (non-hydrogen) atoms. The van der Waals surface area contributed by atoms with Gasteiger partial charge in [-0.1, -0.05) is 26.8 Å². The molecule has 0 aromatic heterocycles. The first-order chi connectivity index (χ1) is 10.9. The largest absolute Gasteiger partial charge is 0.378 e. The van der Waals surface area contributed by atoms with E-state index in [9.17, 15) is 9.59 Å². The van der Waals surface area contributed by atoms with Crippen molar-refractivity contribution in [1.82, 2.24) is 0 Å². The number of hydrogen-bond donors (Lipinski definition) is 2. The average Bonchev–Trinajstić information content (AvgIpc) is 2.46. The number of nitrogens with one attached hydrogen (secondary N) is 2. The molecule has 0 unspecified atom stereocenters. The maximum atomic E-state index is 11.9. The van der Waals surface area contributed by atoms with Crippen molar-refractivity contribution in [1.29, 1.82) is 0 Å². The van der Waals surface area contributed by atoms with Crippen LogP contribution in [0.2, 0.25) is 0 Å². The fourth-order valence-electron chi connectivity index (χ4n) is 2.23. The van der Waals surface area contributed by atoms with Crippen LogP contribution < -0.4 is 10.6 Å². The van der Waals surface area contributed by atoms with Crippen molar-refractivity contribution in [3.8, 4) is 0 Å². The van der Waals surface area contributed by atoms with Crippen LogP contribution in [0.15, 0.2) is 24.3 Å². The molecule has 0 fully saturated rings. The fraction of sp³-hybridized carbons (Fsp3) is 0.556. The van der Waals surface area contributed by atoms with E-state index >= 15 is 0 Å². The summed E-state index contributed by atoms with van der Waals surface area (Å²) in [7, 11) is 0. The van der Waals surface area contributed by atoms with Gasteiger partial charge >= 0.3 is 0 Å². The monoisotopic (exact) mass is 320 g/mol. The molecule has 0 heterocycles. The molecule has 0 radical (unpaired) electrons. The summed E-state index contributed by atoms with van der Waals surface area (Å²) in [5.74, 6) is 0.432. The second kappa shape index (κ2) is 10.0. The Kier molecular flexibility index (Phi) is 8.33. The summed E-state index contributed by atoms with van der Waals surface area (Å²) in [4.78, 5) is 23.3. The Bertz CT molecular complexity index is 515. The molecule has 0 spiro atoms. The van der Waals surface area contributed by atoms with Crippen LogP contribution in [0, 0.1) is 5.92 Å². The Morgan fingerprint density at radius 2 is 1.70 bits per heavy atom. The molecular weight excluding hydrogens is 292 g/mol. The highest BCUT2D eigenvalue weighted by Crippen LogP contribution is 2.15. The third kappa shape index (κ3) is 8.35. The van der Waals surface area contributed by atoms with Gasteiger partial charge in [0.1, 0.15) is 0 Å². The van der Waals surface area contributed by atoms with Gasteiger partial charge in [0.15, 0.2) is 0 Å². The molecule has 1 rings (SSSR count).